The summed E-state index contributed by atoms with van der Waals surface area (Å²) in [5.41, 5.74) is 11.1. The summed E-state index contributed by atoms with van der Waals surface area (Å²) in [6.45, 7) is -3.62. The predicted molar refractivity (Wildman–Crippen MR) is 241 cm³/mol. The van der Waals surface area contributed by atoms with Gasteiger partial charge in [0.25, 0.3) is 12.1 Å². The quantitative estimate of drug-likeness (QED) is 0.0327. The molecule has 0 bridgehead atoms. The monoisotopic (exact) mass is 998 g/mol. The largest absolute Gasteiger partial charge is 0.474 e. The molecule has 67 heavy (non-hydrogen) atoms. The number of rotatable bonds is 17. The fourth-order valence-corrected chi connectivity index (χ4v) is 11.8. The van der Waals surface area contributed by atoms with Gasteiger partial charge in [0, 0.05) is 19.3 Å². The molecule has 27 heteroatoms. The van der Waals surface area contributed by atoms with Gasteiger partial charge in [0.1, 0.15) is 42.3 Å². The van der Waals surface area contributed by atoms with Crippen LogP contribution < -0.4 is 21.8 Å². The number of alkyl halides is 2. The number of fused-ring (bicyclic) bond motifs is 3. The van der Waals surface area contributed by atoms with Crippen molar-refractivity contribution in [3.8, 4) is 5.75 Å². The van der Waals surface area contributed by atoms with E-state index in [1.54, 1.807) is 24.3 Å². The molecule has 6 N–H and O–H groups in total. The molecule has 1 aromatic carbocycles. The second-order valence-electron chi connectivity index (χ2n) is 16.0. The molecule has 2 unspecified atom stereocenters. The molecule has 0 radical (unpaired) electrons. The predicted octanol–water partition coefficient (Wildman–Crippen LogP) is 6.67. The number of halogens is 2. The van der Waals surface area contributed by atoms with Gasteiger partial charge in [0.15, 0.2) is 47.4 Å². The third-order valence-corrected chi connectivity index (χ3v) is 16.2. The minimum absolute atomic E-state index is 0.00656. The molecular weight excluding hydrogens is 945 g/mol. The van der Waals surface area contributed by atoms with Gasteiger partial charge < -0.3 is 39.8 Å². The highest BCUT2D eigenvalue weighted by atomic mass is 32.7. The van der Waals surface area contributed by atoms with Crippen molar-refractivity contribution >= 4 is 65.8 Å². The van der Waals surface area contributed by atoms with Crippen molar-refractivity contribution < 1.29 is 60.1 Å². The molecule has 2 saturated heterocycles. The SMILES string of the molecule is CCCCCCCCCCCC(=O)Oc1ccc(CSP2(=O)CO[C@H]3[C@@H](F)[C@H](n4cnc5c(N)ncnc54)O[C@@H]3COP(=O)(O)O[C@@H](n3cnc4c(=O)[nH]c(N)nc43)[C@H](F)[C@H](OC)CO2)cc1. The topological polar surface area (TPSA) is 295 Å². The molecule has 0 saturated carbocycles. The van der Waals surface area contributed by atoms with Crippen LogP contribution in [-0.4, -0.2) is 107 Å². The summed E-state index contributed by atoms with van der Waals surface area (Å²) in [5.74, 6) is -0.375. The number of methoxy groups -OCH3 is 1. The van der Waals surface area contributed by atoms with Gasteiger partial charge >= 0.3 is 13.8 Å². The van der Waals surface area contributed by atoms with Crippen molar-refractivity contribution in [3.63, 3.8) is 0 Å². The number of H-pyrrole nitrogens is 1. The van der Waals surface area contributed by atoms with Gasteiger partial charge in [-0.2, -0.15) is 4.98 Å². The summed E-state index contributed by atoms with van der Waals surface area (Å²) in [6.07, 6.45) is -0.190. The van der Waals surface area contributed by atoms with Gasteiger partial charge in [-0.05, 0) is 24.1 Å². The zero-order chi connectivity index (χ0) is 47.7. The van der Waals surface area contributed by atoms with Crippen LogP contribution in [0.3, 0.4) is 0 Å². The molecule has 22 nitrogen and oxygen atoms in total. The lowest BCUT2D eigenvalue weighted by Crippen LogP contribution is -2.38. The van der Waals surface area contributed by atoms with E-state index in [1.807, 2.05) is 0 Å². The number of carbonyl (C=O) groups excluding carboxylic acids is 1. The first kappa shape index (κ1) is 50.5. The van der Waals surface area contributed by atoms with E-state index in [1.165, 1.54) is 43.0 Å². The Hall–Kier alpha value is -4.42. The number of esters is 1. The molecule has 0 aliphatic carbocycles. The summed E-state index contributed by atoms with van der Waals surface area (Å²) < 4.78 is 104. The summed E-state index contributed by atoms with van der Waals surface area (Å²) in [4.78, 5) is 58.7. The fraction of sp³-hybridized carbons (Fsp3) is 0.575. The average molecular weight is 999 g/mol. The normalized spacial score (nSPS) is 27.5. The number of anilines is 2. The van der Waals surface area contributed by atoms with Crippen molar-refractivity contribution in [1.29, 1.82) is 0 Å². The zero-order valence-electron chi connectivity index (χ0n) is 36.8. The van der Waals surface area contributed by atoms with Crippen LogP contribution in [0.15, 0.2) is 48.0 Å². The van der Waals surface area contributed by atoms with Crippen molar-refractivity contribution in [2.45, 2.75) is 120 Å². The first-order chi connectivity index (χ1) is 32.2. The van der Waals surface area contributed by atoms with E-state index < -0.39 is 82.6 Å². The van der Waals surface area contributed by atoms with Crippen LogP contribution in [0.25, 0.3) is 22.3 Å². The maximum atomic E-state index is 16.9. The first-order valence-corrected chi connectivity index (χ1v) is 26.7. The van der Waals surface area contributed by atoms with E-state index in [0.717, 1.165) is 61.4 Å². The maximum absolute atomic E-state index is 16.9. The number of hydrogen-bond donors (Lipinski definition) is 4. The highest BCUT2D eigenvalue weighted by Gasteiger charge is 2.50. The molecule has 2 aliphatic heterocycles. The second kappa shape index (κ2) is 22.8. The third-order valence-electron chi connectivity index (χ3n) is 11.2. The number of phosphoric acid groups is 1. The van der Waals surface area contributed by atoms with Crippen LogP contribution in [0.5, 0.6) is 5.75 Å². The molecule has 7 rings (SSSR count). The number of nitrogen functional groups attached to an aromatic ring is 2. The highest BCUT2D eigenvalue weighted by molar-refractivity contribution is 8.56. The number of benzene rings is 1. The zero-order valence-corrected chi connectivity index (χ0v) is 39.4. The standard InChI is InChI=1S/C40H54F2N10O12P2S/c1-3-4-5-6-7-8-9-10-11-12-28(53)62-25-15-13-24(14-16-25)19-67-65(55)23-59-33-27(63-38(30(33)42)51-21-47-31-34(43)45-20-46-35(31)51)18-61-66(56,57)64-39(29(41)26(58-2)17-60-65)52-22-48-32-36(52)49-40(44)50-37(32)54/h13-16,20-22,26-27,29-30,33,38-39H,3-12,17-19,23H2,1-2H3,(H,56,57)(H2,43,45,46)(H3,44,49,50,54)/t26-,27-,29-,30-,33-,38-,39-,65?/m1/s1. The Morgan fingerprint density at radius 3 is 2.31 bits per heavy atom. The molecule has 4 aromatic heterocycles. The molecule has 6 heterocycles. The second-order valence-corrected chi connectivity index (χ2v) is 22.1. The number of phosphoric ester groups is 1. The number of imidazole rings is 2. The number of ether oxygens (including phenoxy) is 4. The summed E-state index contributed by atoms with van der Waals surface area (Å²) in [7, 11) is -4.25. The van der Waals surface area contributed by atoms with Crippen LogP contribution in [0.1, 0.15) is 89.2 Å². The Kier molecular flexibility index (Phi) is 17.2. The Labute approximate surface area is 387 Å². The van der Waals surface area contributed by atoms with E-state index in [0.29, 0.717) is 11.3 Å². The number of hydrogen-bond acceptors (Lipinski definition) is 19. The molecule has 9 atom stereocenters. The van der Waals surface area contributed by atoms with Gasteiger partial charge in [0.05, 0.1) is 25.9 Å². The van der Waals surface area contributed by atoms with Crippen molar-refractivity contribution in [2.24, 2.45) is 0 Å². The van der Waals surface area contributed by atoms with Gasteiger partial charge in [-0.3, -0.25) is 37.3 Å². The number of nitrogens with two attached hydrogens (primary N) is 2. The Balaban J connectivity index is 1.10. The van der Waals surface area contributed by atoms with E-state index in [4.69, 9.17) is 44.0 Å². The molecule has 0 amide bonds. The van der Waals surface area contributed by atoms with Crippen LogP contribution in [0.4, 0.5) is 20.5 Å². The Morgan fingerprint density at radius 2 is 1.60 bits per heavy atom. The van der Waals surface area contributed by atoms with E-state index in [9.17, 15) is 23.6 Å². The lowest BCUT2D eigenvalue weighted by molar-refractivity contribution is -0.134. The van der Waals surface area contributed by atoms with Gasteiger partial charge in [-0.1, -0.05) is 81.8 Å². The molecule has 366 valence electrons. The maximum Gasteiger partial charge on any atom is 0.474 e. The molecule has 0 spiro atoms. The smallest absolute Gasteiger partial charge is 0.427 e. The fourth-order valence-electron chi connectivity index (χ4n) is 7.57. The number of unbranched alkanes of at least 4 members (excludes halogenated alkanes) is 8. The number of aromatic amines is 1. The lowest BCUT2D eigenvalue weighted by Gasteiger charge is -2.31. The highest BCUT2D eigenvalue weighted by Crippen LogP contribution is 2.62. The number of carbonyl (C=O) groups is 1. The van der Waals surface area contributed by atoms with Gasteiger partial charge in [0.2, 0.25) is 5.95 Å². The number of nitrogens with one attached hydrogen (secondary N) is 1. The number of nitrogens with zero attached hydrogens (tertiary/aromatic N) is 7. The van der Waals surface area contributed by atoms with E-state index in [-0.39, 0.29) is 52.2 Å². The molecule has 5 aromatic rings. The number of aromatic nitrogens is 8. The van der Waals surface area contributed by atoms with E-state index >= 15 is 8.78 Å². The van der Waals surface area contributed by atoms with Crippen molar-refractivity contribution in [1.82, 2.24) is 39.0 Å². The summed E-state index contributed by atoms with van der Waals surface area (Å²) in [5, 5.41) is 0. The first-order valence-electron chi connectivity index (χ1n) is 21.8. The lowest BCUT2D eigenvalue weighted by atomic mass is 10.1. The van der Waals surface area contributed by atoms with Crippen LogP contribution >= 0.6 is 25.8 Å². The van der Waals surface area contributed by atoms with E-state index in [2.05, 4.69) is 36.8 Å². The minimum Gasteiger partial charge on any atom is -0.427 e. The van der Waals surface area contributed by atoms with Crippen molar-refractivity contribution in [2.75, 3.05) is 38.1 Å². The molecular formula is C40H54F2N10O12P2S. The van der Waals surface area contributed by atoms with Gasteiger partial charge in [-0.25, -0.2) is 33.3 Å². The summed E-state index contributed by atoms with van der Waals surface area (Å²) in [6, 6.07) is 6.54. The average Bonchev–Trinajstić information content (AvgIpc) is 4.01. The molecule has 2 aliphatic rings. The summed E-state index contributed by atoms with van der Waals surface area (Å²) >= 11 is 0.799. The van der Waals surface area contributed by atoms with Crippen LogP contribution in [-0.2, 0) is 47.5 Å². The van der Waals surface area contributed by atoms with Crippen LogP contribution in [0, 0.1) is 0 Å². The van der Waals surface area contributed by atoms with Gasteiger partial charge in [-0.15, -0.1) is 0 Å². The van der Waals surface area contributed by atoms with Crippen LogP contribution in [0.2, 0.25) is 0 Å². The van der Waals surface area contributed by atoms with Crippen molar-refractivity contribution in [3.05, 3.63) is 59.2 Å². The third kappa shape index (κ3) is 12.6. The molecule has 2 fully saturated rings. The Bertz CT molecular complexity index is 2610. The Morgan fingerprint density at radius 1 is 0.910 bits per heavy atom. The minimum atomic E-state index is -5.36.